The Morgan fingerprint density at radius 2 is 2.11 bits per heavy atom. The number of carbonyl (C=O) groups excluding carboxylic acids is 1. The molecule has 1 amide bonds. The highest BCUT2D eigenvalue weighted by Gasteiger charge is 2.37. The summed E-state index contributed by atoms with van der Waals surface area (Å²) in [6, 6.07) is 0.498. The van der Waals surface area contributed by atoms with Crippen LogP contribution in [0, 0.1) is 11.8 Å². The molecule has 2 heterocycles. The van der Waals surface area contributed by atoms with Crippen molar-refractivity contribution in [3.8, 4) is 0 Å². The quantitative estimate of drug-likeness (QED) is 0.334. The van der Waals surface area contributed by atoms with E-state index in [1.165, 1.54) is 12.8 Å². The highest BCUT2D eigenvalue weighted by atomic mass is 16.4. The summed E-state index contributed by atoms with van der Waals surface area (Å²) in [4.78, 5) is 16.9. The van der Waals surface area contributed by atoms with E-state index in [-0.39, 0.29) is 17.7 Å². The van der Waals surface area contributed by atoms with Gasteiger partial charge in [-0.3, -0.25) is 9.69 Å². The van der Waals surface area contributed by atoms with E-state index in [0.29, 0.717) is 6.04 Å². The van der Waals surface area contributed by atoms with E-state index in [0.717, 1.165) is 26.2 Å². The van der Waals surface area contributed by atoms with Gasteiger partial charge in [0, 0.05) is 25.7 Å². The Morgan fingerprint density at radius 3 is 2.74 bits per heavy atom. The summed E-state index contributed by atoms with van der Waals surface area (Å²) in [5, 5.41) is 11.9. The lowest BCUT2D eigenvalue weighted by molar-refractivity contribution is -0.137. The molecule has 19 heavy (non-hydrogen) atoms. The maximum absolute atomic E-state index is 12.6. The van der Waals surface area contributed by atoms with Crippen LogP contribution >= 0.6 is 0 Å². The number of hydrogen-bond acceptors (Lipinski definition) is 4. The number of nitrogens with zero attached hydrogens (tertiary/aromatic N) is 3. The average molecular weight is 268 g/mol. The lowest BCUT2D eigenvalue weighted by atomic mass is 9.92. The van der Waals surface area contributed by atoms with Crippen LogP contribution in [0.25, 0.3) is 0 Å². The fraction of sp³-hybridized carbons (Fsp3) is 0.846. The Morgan fingerprint density at radius 1 is 1.37 bits per heavy atom. The lowest BCUT2D eigenvalue weighted by Gasteiger charge is -2.39. The molecule has 0 aromatic rings. The first-order chi connectivity index (χ1) is 9.04. The van der Waals surface area contributed by atoms with E-state index in [9.17, 15) is 4.79 Å². The molecule has 0 bridgehead atoms. The highest BCUT2D eigenvalue weighted by molar-refractivity contribution is 6.02. The van der Waals surface area contributed by atoms with Crippen molar-refractivity contribution in [3.05, 3.63) is 0 Å². The Hall–Kier alpha value is -1.30. The lowest BCUT2D eigenvalue weighted by Crippen LogP contribution is -2.55. The van der Waals surface area contributed by atoms with Crippen molar-refractivity contribution in [2.24, 2.45) is 22.7 Å². The van der Waals surface area contributed by atoms with E-state index >= 15 is 0 Å². The Labute approximate surface area is 114 Å². The summed E-state index contributed by atoms with van der Waals surface area (Å²) in [5.74, 6) is -0.464. The van der Waals surface area contributed by atoms with Crippen molar-refractivity contribution in [1.29, 1.82) is 0 Å². The van der Waals surface area contributed by atoms with E-state index < -0.39 is 5.92 Å². The Balaban J connectivity index is 2.05. The summed E-state index contributed by atoms with van der Waals surface area (Å²) in [6.07, 6.45) is 2.39. The number of carbonyl (C=O) groups is 1. The molecule has 2 unspecified atom stereocenters. The van der Waals surface area contributed by atoms with Crippen LogP contribution in [0.5, 0.6) is 0 Å². The largest absolute Gasteiger partial charge is 0.409 e. The molecule has 0 radical (unpaired) electrons. The van der Waals surface area contributed by atoms with Crippen LogP contribution in [0.4, 0.5) is 0 Å². The molecule has 0 spiro atoms. The van der Waals surface area contributed by atoms with Gasteiger partial charge in [-0.05, 0) is 25.3 Å². The number of rotatable bonds is 3. The van der Waals surface area contributed by atoms with Gasteiger partial charge in [-0.15, -0.1) is 0 Å². The third-order valence-electron chi connectivity index (χ3n) is 4.27. The first-order valence-corrected chi connectivity index (χ1v) is 7.05. The van der Waals surface area contributed by atoms with Crippen LogP contribution in [0.1, 0.15) is 26.7 Å². The van der Waals surface area contributed by atoms with Crippen molar-refractivity contribution in [1.82, 2.24) is 9.80 Å². The van der Waals surface area contributed by atoms with Crippen molar-refractivity contribution >= 4 is 11.7 Å². The van der Waals surface area contributed by atoms with Gasteiger partial charge in [0.1, 0.15) is 5.92 Å². The number of amides is 1. The predicted molar refractivity (Wildman–Crippen MR) is 72.9 cm³/mol. The fourth-order valence-corrected chi connectivity index (χ4v) is 3.20. The van der Waals surface area contributed by atoms with Gasteiger partial charge < -0.3 is 15.8 Å². The highest BCUT2D eigenvalue weighted by Crippen LogP contribution is 2.24. The summed E-state index contributed by atoms with van der Waals surface area (Å²) in [5.41, 5.74) is 5.67. The molecular weight excluding hydrogens is 244 g/mol. The first kappa shape index (κ1) is 14.1. The van der Waals surface area contributed by atoms with E-state index in [4.69, 9.17) is 10.9 Å². The van der Waals surface area contributed by atoms with Gasteiger partial charge in [-0.2, -0.15) is 0 Å². The van der Waals surface area contributed by atoms with Crippen molar-refractivity contribution in [3.63, 3.8) is 0 Å². The van der Waals surface area contributed by atoms with Crippen molar-refractivity contribution in [2.45, 2.75) is 32.7 Å². The smallest absolute Gasteiger partial charge is 0.233 e. The number of nitrogens with two attached hydrogens (primary N) is 1. The number of oxime groups is 1. The molecule has 3 N–H and O–H groups in total. The second-order valence-corrected chi connectivity index (χ2v) is 5.86. The zero-order chi connectivity index (χ0) is 14.0. The van der Waals surface area contributed by atoms with Gasteiger partial charge in [-0.1, -0.05) is 19.0 Å². The van der Waals surface area contributed by atoms with Crippen LogP contribution in [0.3, 0.4) is 0 Å². The van der Waals surface area contributed by atoms with Gasteiger partial charge in [0.05, 0.1) is 0 Å². The Bertz CT molecular complexity index is 370. The normalized spacial score (nSPS) is 26.6. The fourth-order valence-electron chi connectivity index (χ4n) is 3.20. The predicted octanol–water partition coefficient (Wildman–Crippen LogP) is 0.312. The van der Waals surface area contributed by atoms with E-state index in [2.05, 4.69) is 10.1 Å². The van der Waals surface area contributed by atoms with Crippen LogP contribution in [-0.2, 0) is 4.79 Å². The maximum Gasteiger partial charge on any atom is 0.233 e. The molecule has 0 saturated carbocycles. The third-order valence-corrected chi connectivity index (χ3v) is 4.27. The molecule has 2 saturated heterocycles. The van der Waals surface area contributed by atoms with Gasteiger partial charge in [0.15, 0.2) is 5.84 Å². The standard InChI is InChI=1S/C13H24N4O2/c1-9(2)11(12(14)15-19)13(18)17-7-6-16-5-3-4-10(16)8-17/h9-11,19H,3-8H2,1-2H3,(H2,14,15). The average Bonchev–Trinajstić information content (AvgIpc) is 2.85. The summed E-state index contributed by atoms with van der Waals surface area (Å²) >= 11 is 0. The molecule has 2 fully saturated rings. The molecule has 0 aromatic heterocycles. The summed E-state index contributed by atoms with van der Waals surface area (Å²) in [7, 11) is 0. The first-order valence-electron chi connectivity index (χ1n) is 7.05. The SMILES string of the molecule is CC(C)C(C(=O)N1CCN2CCCC2C1)C(N)=NO. The van der Waals surface area contributed by atoms with E-state index in [1.54, 1.807) is 0 Å². The minimum atomic E-state index is -0.516. The van der Waals surface area contributed by atoms with Crippen molar-refractivity contribution < 1.29 is 10.0 Å². The maximum atomic E-state index is 12.6. The van der Waals surface area contributed by atoms with Crippen molar-refractivity contribution in [2.75, 3.05) is 26.2 Å². The summed E-state index contributed by atoms with van der Waals surface area (Å²) in [6.45, 7) is 7.47. The molecular formula is C13H24N4O2. The number of hydrogen-bond donors (Lipinski definition) is 2. The minimum Gasteiger partial charge on any atom is -0.409 e. The zero-order valence-electron chi connectivity index (χ0n) is 11.7. The molecule has 2 aliphatic heterocycles. The second-order valence-electron chi connectivity index (χ2n) is 5.86. The van der Waals surface area contributed by atoms with Gasteiger partial charge >= 0.3 is 0 Å². The molecule has 0 aliphatic carbocycles. The molecule has 2 aliphatic rings. The second kappa shape index (κ2) is 5.77. The minimum absolute atomic E-state index is 0.00292. The number of fused-ring (bicyclic) bond motifs is 1. The Kier molecular flexibility index (Phi) is 4.29. The third kappa shape index (κ3) is 2.83. The molecule has 0 aromatic carbocycles. The molecule has 6 nitrogen and oxygen atoms in total. The molecule has 2 atom stereocenters. The number of amidine groups is 1. The van der Waals surface area contributed by atoms with Gasteiger partial charge in [-0.25, -0.2) is 0 Å². The van der Waals surface area contributed by atoms with Gasteiger partial charge in [0.2, 0.25) is 5.91 Å². The monoisotopic (exact) mass is 268 g/mol. The molecule has 108 valence electrons. The van der Waals surface area contributed by atoms with Crippen LogP contribution in [-0.4, -0.2) is 59.0 Å². The molecule has 2 rings (SSSR count). The van der Waals surface area contributed by atoms with Crippen LogP contribution < -0.4 is 5.73 Å². The van der Waals surface area contributed by atoms with Crippen LogP contribution in [0.15, 0.2) is 5.16 Å². The van der Waals surface area contributed by atoms with Crippen LogP contribution in [0.2, 0.25) is 0 Å². The van der Waals surface area contributed by atoms with E-state index in [1.807, 2.05) is 18.7 Å². The zero-order valence-corrected chi connectivity index (χ0v) is 11.7. The topological polar surface area (TPSA) is 82.2 Å². The summed E-state index contributed by atoms with van der Waals surface area (Å²) < 4.78 is 0. The number of piperazine rings is 1. The van der Waals surface area contributed by atoms with Gasteiger partial charge in [0.25, 0.3) is 0 Å². The molecule has 6 heteroatoms.